The molecule has 2 aliphatic carbocycles. The van der Waals surface area contributed by atoms with Crippen LogP contribution >= 0.6 is 0 Å². The fraction of sp³-hybridized carbons (Fsp3) is 0.739. The highest BCUT2D eigenvalue weighted by Crippen LogP contribution is 2.35. The Hall–Kier alpha value is -1.10. The molecule has 160 valence electrons. The molecule has 0 bridgehead atoms. The molecule has 0 spiro atoms. The molecule has 0 saturated heterocycles. The third-order valence-electron chi connectivity index (χ3n) is 6.44. The van der Waals surface area contributed by atoms with Gasteiger partial charge in [0.05, 0.1) is 6.10 Å². The first-order valence-electron chi connectivity index (χ1n) is 10.7. The first-order chi connectivity index (χ1) is 13.4. The van der Waals surface area contributed by atoms with Gasteiger partial charge in [-0.05, 0) is 62.0 Å². The Bertz CT molecular complexity index is 549. The molecule has 2 saturated carbocycles. The highest BCUT2D eigenvalue weighted by Gasteiger charge is 2.24. The summed E-state index contributed by atoms with van der Waals surface area (Å²) in [6.45, 7) is 3.16. The Morgan fingerprint density at radius 3 is 1.86 bits per heavy atom. The Labute approximate surface area is 166 Å². The van der Waals surface area contributed by atoms with Crippen molar-refractivity contribution >= 4 is 0 Å². The standard InChI is InChI=1S/C16H29FO.C7H5F3/c1-13-2-4-14(5-3-13)6-7-15-8-10-16(11-9-15)18-12-17;1-4-2-3-5(8)7(10)6(4)9/h13-16H,2-12H2,1H3;2-3H,1H3. The van der Waals surface area contributed by atoms with E-state index < -0.39 is 24.3 Å². The summed E-state index contributed by atoms with van der Waals surface area (Å²) in [6, 6.07) is 2.08. The molecule has 2 aliphatic rings. The molecule has 0 heterocycles. The lowest BCUT2D eigenvalue weighted by molar-refractivity contribution is -0.0294. The summed E-state index contributed by atoms with van der Waals surface area (Å²) in [6.07, 6.45) is 13.5. The Balaban J connectivity index is 0.000000237. The van der Waals surface area contributed by atoms with Gasteiger partial charge in [0, 0.05) is 0 Å². The van der Waals surface area contributed by atoms with Crippen LogP contribution in [0.2, 0.25) is 0 Å². The van der Waals surface area contributed by atoms with E-state index in [4.69, 9.17) is 4.74 Å². The molecule has 0 amide bonds. The van der Waals surface area contributed by atoms with E-state index in [0.717, 1.165) is 36.7 Å². The van der Waals surface area contributed by atoms with E-state index >= 15 is 0 Å². The quantitative estimate of drug-likeness (QED) is 0.366. The summed E-state index contributed by atoms with van der Waals surface area (Å²) < 4.78 is 53.9. The molecule has 0 atom stereocenters. The van der Waals surface area contributed by atoms with Crippen molar-refractivity contribution in [1.29, 1.82) is 0 Å². The molecule has 1 aromatic carbocycles. The lowest BCUT2D eigenvalue weighted by Crippen LogP contribution is -2.22. The monoisotopic (exact) mass is 402 g/mol. The van der Waals surface area contributed by atoms with Crippen molar-refractivity contribution in [1.82, 2.24) is 0 Å². The average molecular weight is 403 g/mol. The summed E-state index contributed by atoms with van der Waals surface area (Å²) in [5.74, 6) is -0.803. The molecule has 0 aliphatic heterocycles. The maximum atomic E-state index is 12.4. The molecular weight excluding hydrogens is 368 g/mol. The molecule has 0 unspecified atom stereocenters. The second-order valence-corrected chi connectivity index (χ2v) is 8.61. The molecule has 0 radical (unpaired) electrons. The van der Waals surface area contributed by atoms with Gasteiger partial charge in [0.1, 0.15) is 0 Å². The molecule has 1 aromatic rings. The summed E-state index contributed by atoms with van der Waals surface area (Å²) in [5.41, 5.74) is 0.110. The zero-order valence-corrected chi connectivity index (χ0v) is 17.2. The van der Waals surface area contributed by atoms with E-state index in [-0.39, 0.29) is 11.7 Å². The highest BCUT2D eigenvalue weighted by atomic mass is 19.2. The number of benzene rings is 1. The van der Waals surface area contributed by atoms with E-state index in [1.54, 1.807) is 0 Å². The van der Waals surface area contributed by atoms with E-state index in [1.807, 2.05) is 0 Å². The lowest BCUT2D eigenvalue weighted by Gasteiger charge is -2.30. The van der Waals surface area contributed by atoms with Gasteiger partial charge in [-0.1, -0.05) is 51.5 Å². The predicted octanol–water partition coefficient (Wildman–Crippen LogP) is 7.51. The normalized spacial score (nSPS) is 27.8. The topological polar surface area (TPSA) is 9.23 Å². The van der Waals surface area contributed by atoms with E-state index in [9.17, 15) is 17.6 Å². The largest absolute Gasteiger partial charge is 0.347 e. The number of aryl methyl sites for hydroxylation is 1. The summed E-state index contributed by atoms with van der Waals surface area (Å²) in [7, 11) is 0. The van der Waals surface area contributed by atoms with Crippen LogP contribution in [0.5, 0.6) is 0 Å². The Morgan fingerprint density at radius 2 is 1.36 bits per heavy atom. The van der Waals surface area contributed by atoms with Gasteiger partial charge in [-0.25, -0.2) is 17.6 Å². The molecule has 3 rings (SSSR count). The van der Waals surface area contributed by atoms with Crippen LogP contribution in [-0.2, 0) is 4.74 Å². The van der Waals surface area contributed by atoms with Crippen LogP contribution in [0.25, 0.3) is 0 Å². The van der Waals surface area contributed by atoms with Gasteiger partial charge >= 0.3 is 0 Å². The van der Waals surface area contributed by atoms with Gasteiger partial charge < -0.3 is 4.74 Å². The van der Waals surface area contributed by atoms with Crippen LogP contribution in [0.15, 0.2) is 12.1 Å². The van der Waals surface area contributed by atoms with E-state index in [1.165, 1.54) is 64.4 Å². The van der Waals surface area contributed by atoms with Gasteiger partial charge in [0.15, 0.2) is 24.3 Å². The highest BCUT2D eigenvalue weighted by molar-refractivity contribution is 5.18. The smallest absolute Gasteiger partial charge is 0.194 e. The predicted molar refractivity (Wildman–Crippen MR) is 104 cm³/mol. The van der Waals surface area contributed by atoms with Crippen LogP contribution in [0, 0.1) is 42.1 Å². The maximum Gasteiger partial charge on any atom is 0.194 e. The summed E-state index contributed by atoms with van der Waals surface area (Å²) in [5, 5.41) is 0. The van der Waals surface area contributed by atoms with Crippen molar-refractivity contribution in [3.05, 3.63) is 35.1 Å². The first kappa shape index (κ1) is 23.2. The fourth-order valence-corrected chi connectivity index (χ4v) is 4.39. The van der Waals surface area contributed by atoms with E-state index in [0.29, 0.717) is 0 Å². The molecule has 0 N–H and O–H groups in total. The SMILES string of the molecule is CC1CCC(CCC2CCC(OCF)CC2)CC1.Cc1ccc(F)c(F)c1F. The summed E-state index contributed by atoms with van der Waals surface area (Å²) >= 11 is 0. The number of ether oxygens (including phenoxy) is 1. The van der Waals surface area contributed by atoms with Crippen LogP contribution in [-0.4, -0.2) is 13.0 Å². The minimum Gasteiger partial charge on any atom is -0.347 e. The van der Waals surface area contributed by atoms with Crippen LogP contribution in [0.1, 0.15) is 76.7 Å². The molecule has 1 nitrogen and oxygen atoms in total. The number of halogens is 4. The third kappa shape index (κ3) is 7.38. The van der Waals surface area contributed by atoms with Gasteiger partial charge in [-0.3, -0.25) is 0 Å². The van der Waals surface area contributed by atoms with Gasteiger partial charge in [0.25, 0.3) is 0 Å². The average Bonchev–Trinajstić information content (AvgIpc) is 2.71. The molecule has 28 heavy (non-hydrogen) atoms. The van der Waals surface area contributed by atoms with E-state index in [2.05, 4.69) is 6.92 Å². The van der Waals surface area contributed by atoms with Crippen LogP contribution in [0.3, 0.4) is 0 Å². The fourth-order valence-electron chi connectivity index (χ4n) is 4.39. The summed E-state index contributed by atoms with van der Waals surface area (Å²) in [4.78, 5) is 0. The van der Waals surface area contributed by atoms with Gasteiger partial charge in [0.2, 0.25) is 0 Å². The molecule has 2 fully saturated rings. The molecular formula is C23H34F4O. The number of hydrogen-bond donors (Lipinski definition) is 0. The Kier molecular flexibility index (Phi) is 9.76. The Morgan fingerprint density at radius 1 is 0.821 bits per heavy atom. The van der Waals surface area contributed by atoms with Crippen molar-refractivity contribution in [2.24, 2.45) is 17.8 Å². The van der Waals surface area contributed by atoms with Crippen molar-refractivity contribution in [2.75, 3.05) is 6.86 Å². The molecule has 5 heteroatoms. The van der Waals surface area contributed by atoms with Crippen molar-refractivity contribution in [3.63, 3.8) is 0 Å². The first-order valence-corrected chi connectivity index (χ1v) is 10.7. The van der Waals surface area contributed by atoms with Gasteiger partial charge in [-0.2, -0.15) is 0 Å². The molecule has 0 aromatic heterocycles. The number of hydrogen-bond acceptors (Lipinski definition) is 1. The lowest BCUT2D eigenvalue weighted by atomic mass is 9.77. The maximum absolute atomic E-state index is 12.4. The van der Waals surface area contributed by atoms with Crippen molar-refractivity contribution in [3.8, 4) is 0 Å². The van der Waals surface area contributed by atoms with Crippen LogP contribution in [0.4, 0.5) is 17.6 Å². The second-order valence-electron chi connectivity index (χ2n) is 8.61. The van der Waals surface area contributed by atoms with Crippen molar-refractivity contribution < 1.29 is 22.3 Å². The zero-order chi connectivity index (χ0) is 20.5. The number of alkyl halides is 1. The van der Waals surface area contributed by atoms with Crippen molar-refractivity contribution in [2.45, 2.75) is 84.2 Å². The minimum absolute atomic E-state index is 0.110. The minimum atomic E-state index is -1.40. The second kappa shape index (κ2) is 11.8. The van der Waals surface area contributed by atoms with Gasteiger partial charge in [-0.15, -0.1) is 0 Å². The third-order valence-corrected chi connectivity index (χ3v) is 6.44. The number of rotatable bonds is 5. The zero-order valence-electron chi connectivity index (χ0n) is 17.2. The van der Waals surface area contributed by atoms with Crippen LogP contribution < -0.4 is 0 Å².